The molecule has 1 aromatic rings. The molecular weight excluding hydrogens is 366 g/mol. The van der Waals surface area contributed by atoms with Gasteiger partial charge in [-0.15, -0.1) is 6.58 Å². The Balaban J connectivity index is 1.87. The molecule has 148 valence electrons. The molecule has 2 amide bonds. The van der Waals surface area contributed by atoms with Gasteiger partial charge in [0.05, 0.1) is 4.90 Å². The third-order valence-electron chi connectivity index (χ3n) is 4.43. The molecule has 1 aromatic carbocycles. The number of sulfonamides is 1. The Hall–Kier alpha value is -2.19. The van der Waals surface area contributed by atoms with E-state index in [4.69, 9.17) is 0 Å². The van der Waals surface area contributed by atoms with E-state index < -0.39 is 10.0 Å². The quantitative estimate of drug-likeness (QED) is 0.556. The van der Waals surface area contributed by atoms with E-state index in [2.05, 4.69) is 21.9 Å². The fraction of sp³-hybridized carbons (Fsp3) is 0.474. The molecule has 1 saturated carbocycles. The molecule has 0 spiro atoms. The first-order chi connectivity index (χ1) is 12.9. The van der Waals surface area contributed by atoms with Crippen molar-refractivity contribution in [3.63, 3.8) is 0 Å². The monoisotopic (exact) mass is 393 g/mol. The van der Waals surface area contributed by atoms with Gasteiger partial charge in [-0.1, -0.05) is 31.4 Å². The van der Waals surface area contributed by atoms with Gasteiger partial charge in [-0.25, -0.2) is 13.1 Å². The number of nitrogens with one attached hydrogen (secondary N) is 3. The van der Waals surface area contributed by atoms with E-state index in [0.29, 0.717) is 6.54 Å². The van der Waals surface area contributed by atoms with Crippen LogP contribution in [0.3, 0.4) is 0 Å². The highest BCUT2D eigenvalue weighted by Gasteiger charge is 2.18. The summed E-state index contributed by atoms with van der Waals surface area (Å²) >= 11 is 0. The second-order valence-electron chi connectivity index (χ2n) is 6.58. The van der Waals surface area contributed by atoms with E-state index in [1.807, 2.05) is 0 Å². The van der Waals surface area contributed by atoms with Gasteiger partial charge in [0, 0.05) is 31.1 Å². The molecule has 7 nitrogen and oxygen atoms in total. The van der Waals surface area contributed by atoms with Gasteiger partial charge in [-0.2, -0.15) is 0 Å². The second-order valence-corrected chi connectivity index (χ2v) is 8.34. The molecule has 0 saturated heterocycles. The fourth-order valence-corrected chi connectivity index (χ4v) is 4.08. The third-order valence-corrected chi connectivity index (χ3v) is 5.89. The predicted octanol–water partition coefficient (Wildman–Crippen LogP) is 1.72. The van der Waals surface area contributed by atoms with Crippen molar-refractivity contribution >= 4 is 21.8 Å². The van der Waals surface area contributed by atoms with Gasteiger partial charge in [0.25, 0.3) is 5.91 Å². The van der Waals surface area contributed by atoms with Crippen molar-refractivity contribution in [2.45, 2.75) is 49.5 Å². The summed E-state index contributed by atoms with van der Waals surface area (Å²) in [6.45, 7) is 3.82. The molecule has 0 aliphatic heterocycles. The van der Waals surface area contributed by atoms with E-state index in [1.54, 1.807) is 6.08 Å². The Morgan fingerprint density at radius 3 is 2.63 bits per heavy atom. The van der Waals surface area contributed by atoms with Gasteiger partial charge in [-0.3, -0.25) is 9.59 Å². The first-order valence-electron chi connectivity index (χ1n) is 9.20. The molecule has 0 radical (unpaired) electrons. The number of hydrogen-bond acceptors (Lipinski definition) is 4. The zero-order chi connectivity index (χ0) is 19.7. The van der Waals surface area contributed by atoms with Crippen LogP contribution in [0.2, 0.25) is 0 Å². The number of carbonyl (C=O) groups is 2. The smallest absolute Gasteiger partial charge is 0.251 e. The van der Waals surface area contributed by atoms with Gasteiger partial charge >= 0.3 is 0 Å². The lowest BCUT2D eigenvalue weighted by Crippen LogP contribution is -2.38. The van der Waals surface area contributed by atoms with E-state index in [1.165, 1.54) is 30.7 Å². The normalized spacial score (nSPS) is 15.1. The molecule has 1 fully saturated rings. The molecule has 8 heteroatoms. The van der Waals surface area contributed by atoms with Crippen molar-refractivity contribution in [2.24, 2.45) is 0 Å². The summed E-state index contributed by atoms with van der Waals surface area (Å²) in [5.74, 6) is -0.527. The zero-order valence-corrected chi connectivity index (χ0v) is 16.2. The molecule has 1 aliphatic carbocycles. The Morgan fingerprint density at radius 1 is 1.19 bits per heavy atom. The van der Waals surface area contributed by atoms with Crippen molar-refractivity contribution < 1.29 is 18.0 Å². The lowest BCUT2D eigenvalue weighted by Gasteiger charge is -2.22. The summed E-state index contributed by atoms with van der Waals surface area (Å²) in [7, 11) is -3.80. The number of hydrogen-bond donors (Lipinski definition) is 3. The minimum Gasteiger partial charge on any atom is -0.353 e. The highest BCUT2D eigenvalue weighted by molar-refractivity contribution is 7.89. The average molecular weight is 394 g/mol. The summed E-state index contributed by atoms with van der Waals surface area (Å²) < 4.78 is 27.2. The van der Waals surface area contributed by atoms with Crippen LogP contribution >= 0.6 is 0 Å². The minimum atomic E-state index is -3.80. The van der Waals surface area contributed by atoms with Crippen molar-refractivity contribution in [3.8, 4) is 0 Å². The highest BCUT2D eigenvalue weighted by Crippen LogP contribution is 2.17. The van der Waals surface area contributed by atoms with Gasteiger partial charge in [0.15, 0.2) is 0 Å². The van der Waals surface area contributed by atoms with Crippen molar-refractivity contribution in [1.29, 1.82) is 0 Å². The summed E-state index contributed by atoms with van der Waals surface area (Å²) in [6, 6.07) is 5.97. The summed E-state index contributed by atoms with van der Waals surface area (Å²) in [6.07, 6.45) is 7.03. The van der Waals surface area contributed by atoms with Gasteiger partial charge in [0.1, 0.15) is 0 Å². The lowest BCUT2D eigenvalue weighted by atomic mass is 9.95. The van der Waals surface area contributed by atoms with Crippen LogP contribution in [0.25, 0.3) is 0 Å². The average Bonchev–Trinajstić information content (AvgIpc) is 2.67. The van der Waals surface area contributed by atoms with Crippen LogP contribution in [0.4, 0.5) is 0 Å². The Labute approximate surface area is 160 Å². The number of carbonyl (C=O) groups excluding carboxylic acids is 2. The van der Waals surface area contributed by atoms with Crippen LogP contribution in [0.15, 0.2) is 41.8 Å². The van der Waals surface area contributed by atoms with Crippen LogP contribution in [-0.4, -0.2) is 39.4 Å². The summed E-state index contributed by atoms with van der Waals surface area (Å²) in [5, 5.41) is 5.55. The first kappa shape index (κ1) is 21.1. The number of amides is 2. The number of benzene rings is 1. The van der Waals surface area contributed by atoms with Gasteiger partial charge in [-0.05, 0) is 31.0 Å². The van der Waals surface area contributed by atoms with Crippen LogP contribution in [0.5, 0.6) is 0 Å². The summed E-state index contributed by atoms with van der Waals surface area (Å²) in [4.78, 5) is 23.9. The van der Waals surface area contributed by atoms with Gasteiger partial charge in [0.2, 0.25) is 15.9 Å². The lowest BCUT2D eigenvalue weighted by molar-refractivity contribution is -0.121. The minimum absolute atomic E-state index is 0.00771. The maximum atomic E-state index is 12.4. The predicted molar refractivity (Wildman–Crippen MR) is 104 cm³/mol. The van der Waals surface area contributed by atoms with Crippen molar-refractivity contribution in [1.82, 2.24) is 15.4 Å². The standard InChI is InChI=1S/C19H27N3O4S/c1-2-12-20-19(24)15-7-6-10-17(14-15)27(25,26)21-13-11-18(23)22-16-8-4-3-5-9-16/h2,6-7,10,14,16,21H,1,3-5,8-9,11-13H2,(H,20,24)(H,22,23). The maximum Gasteiger partial charge on any atom is 0.251 e. The second kappa shape index (κ2) is 10.2. The van der Waals surface area contributed by atoms with Crippen molar-refractivity contribution in [3.05, 3.63) is 42.5 Å². The molecule has 0 aromatic heterocycles. The van der Waals surface area contributed by atoms with Crippen LogP contribution in [-0.2, 0) is 14.8 Å². The Kier molecular flexibility index (Phi) is 7.99. The third kappa shape index (κ3) is 6.80. The number of rotatable bonds is 9. The van der Waals surface area contributed by atoms with E-state index in [-0.39, 0.29) is 41.3 Å². The Morgan fingerprint density at radius 2 is 1.93 bits per heavy atom. The summed E-state index contributed by atoms with van der Waals surface area (Å²) in [5.41, 5.74) is 0.245. The molecular formula is C19H27N3O4S. The van der Waals surface area contributed by atoms with Crippen LogP contribution in [0, 0.1) is 0 Å². The van der Waals surface area contributed by atoms with Crippen LogP contribution in [0.1, 0.15) is 48.9 Å². The van der Waals surface area contributed by atoms with Gasteiger partial charge < -0.3 is 10.6 Å². The molecule has 0 heterocycles. The van der Waals surface area contributed by atoms with Crippen molar-refractivity contribution in [2.75, 3.05) is 13.1 Å². The van der Waals surface area contributed by atoms with E-state index in [9.17, 15) is 18.0 Å². The van der Waals surface area contributed by atoms with Crippen LogP contribution < -0.4 is 15.4 Å². The molecule has 0 atom stereocenters. The molecule has 1 aliphatic rings. The first-order valence-corrected chi connectivity index (χ1v) is 10.7. The van der Waals surface area contributed by atoms with E-state index >= 15 is 0 Å². The largest absolute Gasteiger partial charge is 0.353 e. The fourth-order valence-electron chi connectivity index (χ4n) is 3.00. The molecule has 0 unspecified atom stereocenters. The molecule has 2 rings (SSSR count). The zero-order valence-electron chi connectivity index (χ0n) is 15.4. The maximum absolute atomic E-state index is 12.4. The molecule has 27 heavy (non-hydrogen) atoms. The molecule has 0 bridgehead atoms. The highest BCUT2D eigenvalue weighted by atomic mass is 32.2. The van der Waals surface area contributed by atoms with E-state index in [0.717, 1.165) is 25.7 Å². The Bertz CT molecular complexity index is 771. The SMILES string of the molecule is C=CCNC(=O)c1cccc(S(=O)(=O)NCCC(=O)NC2CCCCC2)c1. The topological polar surface area (TPSA) is 104 Å². The molecule has 3 N–H and O–H groups in total.